The normalized spacial score (nSPS) is 16.2. The Balaban J connectivity index is 1.69. The second-order valence-electron chi connectivity index (χ2n) is 6.65. The third kappa shape index (κ3) is 4.25. The molecule has 1 fully saturated rings. The van der Waals surface area contributed by atoms with Crippen molar-refractivity contribution < 1.29 is 14.5 Å². The molecule has 11 heteroatoms. The fourth-order valence-electron chi connectivity index (χ4n) is 2.92. The zero-order valence-electron chi connectivity index (χ0n) is 15.4. The molecule has 0 aliphatic carbocycles. The van der Waals surface area contributed by atoms with E-state index in [9.17, 15) is 19.7 Å². The lowest BCUT2D eigenvalue weighted by molar-refractivity contribution is -0.383. The molecule has 2 N–H and O–H groups in total. The molecule has 0 spiro atoms. The van der Waals surface area contributed by atoms with E-state index in [4.69, 9.17) is 0 Å². The highest BCUT2D eigenvalue weighted by molar-refractivity contribution is 7.15. The number of amides is 3. The fraction of sp³-hybridized carbons (Fsp3) is 0.412. The van der Waals surface area contributed by atoms with E-state index >= 15 is 0 Å². The zero-order valence-corrected chi connectivity index (χ0v) is 16.2. The van der Waals surface area contributed by atoms with E-state index in [2.05, 4.69) is 20.8 Å². The number of likely N-dealkylation sites (tertiary alicyclic amines) is 1. The topological polar surface area (TPSA) is 130 Å². The molecule has 0 bridgehead atoms. The molecule has 1 atom stereocenters. The van der Waals surface area contributed by atoms with Crippen LogP contribution in [-0.2, 0) is 4.79 Å². The molecule has 3 amide bonds. The van der Waals surface area contributed by atoms with Crippen LogP contribution in [0.25, 0.3) is 0 Å². The van der Waals surface area contributed by atoms with E-state index in [-0.39, 0.29) is 23.2 Å². The van der Waals surface area contributed by atoms with E-state index < -0.39 is 17.0 Å². The molecule has 1 saturated heterocycles. The van der Waals surface area contributed by atoms with Crippen molar-refractivity contribution in [2.45, 2.75) is 38.6 Å². The maximum absolute atomic E-state index is 12.6. The van der Waals surface area contributed by atoms with Gasteiger partial charge in [-0.25, -0.2) is 4.79 Å². The van der Waals surface area contributed by atoms with Crippen molar-refractivity contribution in [2.75, 3.05) is 17.2 Å². The first-order valence-corrected chi connectivity index (χ1v) is 9.63. The largest absolute Gasteiger partial charge is 0.322 e. The Morgan fingerprint density at radius 2 is 2.04 bits per heavy atom. The van der Waals surface area contributed by atoms with Crippen molar-refractivity contribution >= 4 is 39.8 Å². The summed E-state index contributed by atoms with van der Waals surface area (Å²) in [6.07, 6.45) is 1.17. The molecule has 1 aliphatic heterocycles. The van der Waals surface area contributed by atoms with E-state index in [0.29, 0.717) is 24.5 Å². The van der Waals surface area contributed by atoms with Crippen LogP contribution in [0.2, 0.25) is 0 Å². The van der Waals surface area contributed by atoms with E-state index in [1.807, 2.05) is 13.8 Å². The predicted octanol–water partition coefficient (Wildman–Crippen LogP) is 3.20. The molecular weight excluding hydrogens is 384 g/mol. The second kappa shape index (κ2) is 8.30. The minimum Gasteiger partial charge on any atom is -0.312 e. The molecule has 1 aromatic carbocycles. The number of nitro groups is 1. The van der Waals surface area contributed by atoms with Crippen LogP contribution in [0.1, 0.15) is 37.6 Å². The van der Waals surface area contributed by atoms with E-state index in [1.165, 1.54) is 34.4 Å². The van der Waals surface area contributed by atoms with Crippen LogP contribution < -0.4 is 10.6 Å². The Bertz CT molecular complexity index is 899. The number of urea groups is 1. The first-order chi connectivity index (χ1) is 13.4. The standard InChI is InChI=1S/C17H20N6O4S/c1-10(2)15-20-21-16(28-15)19-14(24)13-8-5-9-22(13)17(25)18-11-6-3-4-7-12(11)23(26)27/h3-4,6-7,10,13H,5,8-9H2,1-2H3,(H,18,25)(H,19,21,24)/t13-/m1/s1. The third-order valence-corrected chi connectivity index (χ3v) is 5.46. The maximum atomic E-state index is 12.6. The average Bonchev–Trinajstić information content (AvgIpc) is 3.31. The number of hydrogen-bond donors (Lipinski definition) is 2. The van der Waals surface area contributed by atoms with Gasteiger partial charge in [0.15, 0.2) is 0 Å². The second-order valence-corrected chi connectivity index (χ2v) is 7.65. The lowest BCUT2D eigenvalue weighted by Gasteiger charge is -2.23. The summed E-state index contributed by atoms with van der Waals surface area (Å²) in [7, 11) is 0. The van der Waals surface area contributed by atoms with Gasteiger partial charge in [-0.2, -0.15) is 0 Å². The van der Waals surface area contributed by atoms with E-state index in [0.717, 1.165) is 5.01 Å². The van der Waals surface area contributed by atoms with Gasteiger partial charge in [-0.05, 0) is 18.9 Å². The summed E-state index contributed by atoms with van der Waals surface area (Å²) in [5, 5.41) is 25.6. The van der Waals surface area contributed by atoms with Crippen molar-refractivity contribution in [1.29, 1.82) is 0 Å². The van der Waals surface area contributed by atoms with Crippen LogP contribution in [0.5, 0.6) is 0 Å². The molecule has 0 unspecified atom stereocenters. The number of nitrogens with zero attached hydrogens (tertiary/aromatic N) is 4. The number of para-hydroxylation sites is 2. The lowest BCUT2D eigenvalue weighted by atomic mass is 10.2. The van der Waals surface area contributed by atoms with Gasteiger partial charge < -0.3 is 10.2 Å². The molecular formula is C17H20N6O4S. The fourth-order valence-corrected chi connectivity index (χ4v) is 3.66. The first-order valence-electron chi connectivity index (χ1n) is 8.82. The Morgan fingerprint density at radius 3 is 2.71 bits per heavy atom. The van der Waals surface area contributed by atoms with Gasteiger partial charge >= 0.3 is 6.03 Å². The molecule has 2 aromatic rings. The van der Waals surface area contributed by atoms with Gasteiger partial charge in [0.2, 0.25) is 11.0 Å². The van der Waals surface area contributed by atoms with Crippen LogP contribution in [0.4, 0.5) is 21.3 Å². The van der Waals surface area contributed by atoms with Crippen molar-refractivity contribution in [1.82, 2.24) is 15.1 Å². The summed E-state index contributed by atoms with van der Waals surface area (Å²) >= 11 is 1.30. The molecule has 0 saturated carbocycles. The summed E-state index contributed by atoms with van der Waals surface area (Å²) < 4.78 is 0. The Hall–Kier alpha value is -3.08. The number of benzene rings is 1. The quantitative estimate of drug-likeness (QED) is 0.581. The van der Waals surface area contributed by atoms with Crippen molar-refractivity contribution in [3.05, 3.63) is 39.4 Å². The molecule has 1 aliphatic rings. The number of carbonyl (C=O) groups is 2. The van der Waals surface area contributed by atoms with Gasteiger partial charge in [0, 0.05) is 18.5 Å². The number of nitro benzene ring substituents is 1. The van der Waals surface area contributed by atoms with Crippen molar-refractivity contribution in [2.24, 2.45) is 0 Å². The summed E-state index contributed by atoms with van der Waals surface area (Å²) in [5.74, 6) is -0.139. The Labute approximate surface area is 165 Å². The minimum atomic E-state index is -0.672. The number of aromatic nitrogens is 2. The van der Waals surface area contributed by atoms with Gasteiger partial charge in [-0.15, -0.1) is 10.2 Å². The van der Waals surface area contributed by atoms with Gasteiger partial charge in [-0.1, -0.05) is 37.3 Å². The molecule has 10 nitrogen and oxygen atoms in total. The van der Waals surface area contributed by atoms with Gasteiger partial charge in [0.25, 0.3) is 5.69 Å². The van der Waals surface area contributed by atoms with Gasteiger partial charge in [0.1, 0.15) is 16.7 Å². The monoisotopic (exact) mass is 404 g/mol. The highest BCUT2D eigenvalue weighted by atomic mass is 32.1. The number of rotatable bonds is 5. The number of anilines is 2. The van der Waals surface area contributed by atoms with Gasteiger partial charge in [-0.3, -0.25) is 20.2 Å². The molecule has 28 heavy (non-hydrogen) atoms. The maximum Gasteiger partial charge on any atom is 0.322 e. The van der Waals surface area contributed by atoms with Crippen LogP contribution in [-0.4, -0.2) is 44.5 Å². The van der Waals surface area contributed by atoms with Crippen LogP contribution >= 0.6 is 11.3 Å². The molecule has 148 valence electrons. The lowest BCUT2D eigenvalue weighted by Crippen LogP contribution is -2.45. The van der Waals surface area contributed by atoms with Crippen molar-refractivity contribution in [3.63, 3.8) is 0 Å². The van der Waals surface area contributed by atoms with Crippen LogP contribution in [0.15, 0.2) is 24.3 Å². The van der Waals surface area contributed by atoms with E-state index in [1.54, 1.807) is 6.07 Å². The average molecular weight is 404 g/mol. The highest BCUT2D eigenvalue weighted by Crippen LogP contribution is 2.27. The van der Waals surface area contributed by atoms with Crippen LogP contribution in [0, 0.1) is 10.1 Å². The predicted molar refractivity (Wildman–Crippen MR) is 104 cm³/mol. The molecule has 3 rings (SSSR count). The Kier molecular flexibility index (Phi) is 5.83. The summed E-state index contributed by atoms with van der Waals surface area (Å²) in [6, 6.07) is 4.66. The molecule has 2 heterocycles. The molecule has 0 radical (unpaired) electrons. The minimum absolute atomic E-state index is 0.0919. The number of hydrogen-bond acceptors (Lipinski definition) is 7. The summed E-state index contributed by atoms with van der Waals surface area (Å²) in [5.41, 5.74) is -0.111. The smallest absolute Gasteiger partial charge is 0.312 e. The Morgan fingerprint density at radius 1 is 1.29 bits per heavy atom. The summed E-state index contributed by atoms with van der Waals surface area (Å²) in [6.45, 7) is 4.35. The highest BCUT2D eigenvalue weighted by Gasteiger charge is 2.35. The SMILES string of the molecule is CC(C)c1nnc(NC(=O)[C@H]2CCCN2C(=O)Nc2ccccc2[N+](=O)[O-])s1. The first kappa shape index (κ1) is 19.7. The van der Waals surface area contributed by atoms with Gasteiger partial charge in [0.05, 0.1) is 4.92 Å². The zero-order chi connectivity index (χ0) is 20.3. The number of carbonyl (C=O) groups excluding carboxylic acids is 2. The molecule has 1 aromatic heterocycles. The summed E-state index contributed by atoms with van der Waals surface area (Å²) in [4.78, 5) is 37.2. The van der Waals surface area contributed by atoms with Crippen LogP contribution in [0.3, 0.4) is 0 Å². The van der Waals surface area contributed by atoms with Crippen molar-refractivity contribution in [3.8, 4) is 0 Å². The third-order valence-electron chi connectivity index (χ3n) is 4.32. The number of nitrogens with one attached hydrogen (secondary N) is 2.